The highest BCUT2D eigenvalue weighted by molar-refractivity contribution is 9.09. The van der Waals surface area contributed by atoms with Gasteiger partial charge in [-0.05, 0) is 50.2 Å². The van der Waals surface area contributed by atoms with Crippen molar-refractivity contribution < 1.29 is 8.42 Å². The molecule has 3 nitrogen and oxygen atoms in total. The summed E-state index contributed by atoms with van der Waals surface area (Å²) in [6.45, 7) is 4.28. The predicted molar refractivity (Wildman–Crippen MR) is 88.2 cm³/mol. The number of hydrogen-bond acceptors (Lipinski definition) is 3. The van der Waals surface area contributed by atoms with Gasteiger partial charge in [0.05, 0.1) is 0 Å². The standard InChI is InChI=1S/C14H22BrNO2S2/c1-3-12-4-5-13(19-12)20(17,18)16-14(10-15)8-6-11(2)7-9-14/h4-5,11,16H,3,6-10H2,1-2H3. The molecule has 0 unspecified atom stereocenters. The number of halogens is 1. The van der Waals surface area contributed by atoms with Crippen LogP contribution in [0.3, 0.4) is 0 Å². The van der Waals surface area contributed by atoms with Crippen molar-refractivity contribution in [2.75, 3.05) is 5.33 Å². The van der Waals surface area contributed by atoms with Crippen molar-refractivity contribution in [1.82, 2.24) is 4.72 Å². The maximum Gasteiger partial charge on any atom is 0.250 e. The molecule has 0 bridgehead atoms. The average molecular weight is 380 g/mol. The number of sulfonamides is 1. The lowest BCUT2D eigenvalue weighted by atomic mass is 9.79. The zero-order chi connectivity index (χ0) is 14.8. The van der Waals surface area contributed by atoms with E-state index in [0.29, 0.717) is 15.5 Å². The van der Waals surface area contributed by atoms with Crippen LogP contribution in [-0.2, 0) is 16.4 Å². The Morgan fingerprint density at radius 2 is 2.05 bits per heavy atom. The molecule has 0 spiro atoms. The lowest BCUT2D eigenvalue weighted by molar-refractivity contribution is 0.250. The van der Waals surface area contributed by atoms with E-state index in [9.17, 15) is 8.42 Å². The quantitative estimate of drug-likeness (QED) is 0.787. The molecule has 114 valence electrons. The fourth-order valence-electron chi connectivity index (χ4n) is 2.61. The van der Waals surface area contributed by atoms with E-state index in [4.69, 9.17) is 0 Å². The van der Waals surface area contributed by atoms with Crippen LogP contribution >= 0.6 is 27.3 Å². The van der Waals surface area contributed by atoms with Gasteiger partial charge in [0.1, 0.15) is 4.21 Å². The summed E-state index contributed by atoms with van der Waals surface area (Å²) in [4.78, 5) is 1.11. The molecule has 0 saturated heterocycles. The summed E-state index contributed by atoms with van der Waals surface area (Å²) >= 11 is 4.88. The summed E-state index contributed by atoms with van der Waals surface area (Å²) in [7, 11) is -3.40. The van der Waals surface area contributed by atoms with Crippen LogP contribution in [0.25, 0.3) is 0 Å². The molecule has 1 N–H and O–H groups in total. The van der Waals surface area contributed by atoms with Crippen LogP contribution in [0.15, 0.2) is 16.3 Å². The first-order chi connectivity index (χ1) is 9.41. The molecule has 0 amide bonds. The molecule has 20 heavy (non-hydrogen) atoms. The van der Waals surface area contributed by atoms with Gasteiger partial charge in [-0.3, -0.25) is 0 Å². The summed E-state index contributed by atoms with van der Waals surface area (Å²) in [5.41, 5.74) is -0.318. The zero-order valence-corrected chi connectivity index (χ0v) is 15.2. The van der Waals surface area contributed by atoms with E-state index in [2.05, 4.69) is 27.6 Å². The van der Waals surface area contributed by atoms with Crippen LogP contribution in [0.1, 0.15) is 44.4 Å². The van der Waals surface area contributed by atoms with Crippen molar-refractivity contribution in [2.45, 2.75) is 55.7 Å². The third-order valence-electron chi connectivity index (χ3n) is 4.09. The smallest absolute Gasteiger partial charge is 0.206 e. The number of hydrogen-bond donors (Lipinski definition) is 1. The number of thiophene rings is 1. The van der Waals surface area contributed by atoms with Crippen molar-refractivity contribution in [2.24, 2.45) is 5.92 Å². The Morgan fingerprint density at radius 1 is 1.40 bits per heavy atom. The molecule has 6 heteroatoms. The SMILES string of the molecule is CCc1ccc(S(=O)(=O)NC2(CBr)CCC(C)CC2)s1. The highest BCUT2D eigenvalue weighted by Gasteiger charge is 2.37. The maximum absolute atomic E-state index is 12.6. The Kier molecular flexibility index (Phi) is 5.32. The third kappa shape index (κ3) is 3.64. The molecule has 0 atom stereocenters. The molecule has 1 aromatic heterocycles. The summed E-state index contributed by atoms with van der Waals surface area (Å²) in [6.07, 6.45) is 4.86. The minimum Gasteiger partial charge on any atom is -0.206 e. The van der Waals surface area contributed by atoms with Gasteiger partial charge in [0.15, 0.2) is 0 Å². The number of rotatable bonds is 5. The van der Waals surface area contributed by atoms with E-state index in [0.717, 1.165) is 37.0 Å². The highest BCUT2D eigenvalue weighted by atomic mass is 79.9. The Labute approximate surface area is 134 Å². The van der Waals surface area contributed by atoms with Crippen molar-refractivity contribution >= 4 is 37.3 Å². The first-order valence-electron chi connectivity index (χ1n) is 7.09. The first kappa shape index (κ1) is 16.5. The van der Waals surface area contributed by atoms with E-state index in [1.165, 1.54) is 11.3 Å². The molecule has 0 aliphatic heterocycles. The Balaban J connectivity index is 2.17. The topological polar surface area (TPSA) is 46.2 Å². The fourth-order valence-corrected chi connectivity index (χ4v) is 6.25. The summed E-state index contributed by atoms with van der Waals surface area (Å²) in [5, 5.41) is 0.679. The van der Waals surface area contributed by atoms with Gasteiger partial charge in [-0.2, -0.15) is 0 Å². The Bertz CT molecular complexity index is 545. The third-order valence-corrected chi connectivity index (χ3v) is 8.46. The lowest BCUT2D eigenvalue weighted by Crippen LogP contribution is -2.51. The van der Waals surface area contributed by atoms with E-state index >= 15 is 0 Å². The summed E-state index contributed by atoms with van der Waals surface area (Å²) in [5.74, 6) is 0.695. The molecule has 1 heterocycles. The first-order valence-corrected chi connectivity index (χ1v) is 10.5. The van der Waals surface area contributed by atoms with Crippen LogP contribution in [0.2, 0.25) is 0 Å². The molecule has 1 aromatic rings. The van der Waals surface area contributed by atoms with Crippen molar-refractivity contribution in [3.8, 4) is 0 Å². The van der Waals surface area contributed by atoms with Crippen LogP contribution in [0, 0.1) is 5.92 Å². The summed E-state index contributed by atoms with van der Waals surface area (Å²) in [6, 6.07) is 3.63. The van der Waals surface area contributed by atoms with Gasteiger partial charge in [-0.15, -0.1) is 11.3 Å². The minimum absolute atomic E-state index is 0.318. The molecule has 1 fully saturated rings. The van der Waals surface area contributed by atoms with E-state index in [-0.39, 0.29) is 5.54 Å². The van der Waals surface area contributed by atoms with Crippen LogP contribution in [0.5, 0.6) is 0 Å². The van der Waals surface area contributed by atoms with Crippen LogP contribution in [-0.4, -0.2) is 19.3 Å². The second-order valence-electron chi connectivity index (χ2n) is 5.78. The summed E-state index contributed by atoms with van der Waals surface area (Å²) < 4.78 is 28.5. The van der Waals surface area contributed by atoms with Crippen molar-refractivity contribution in [1.29, 1.82) is 0 Å². The van der Waals surface area contributed by atoms with Crippen LogP contribution in [0.4, 0.5) is 0 Å². The van der Waals surface area contributed by atoms with E-state index in [1.54, 1.807) is 6.07 Å². The van der Waals surface area contributed by atoms with Gasteiger partial charge in [-0.1, -0.05) is 29.8 Å². The molecule has 0 aromatic carbocycles. The van der Waals surface area contributed by atoms with Gasteiger partial charge in [0.25, 0.3) is 10.0 Å². The molecule has 1 aliphatic rings. The van der Waals surface area contributed by atoms with Gasteiger partial charge >= 0.3 is 0 Å². The van der Waals surface area contributed by atoms with E-state index < -0.39 is 10.0 Å². The van der Waals surface area contributed by atoms with Crippen molar-refractivity contribution in [3.63, 3.8) is 0 Å². The largest absolute Gasteiger partial charge is 0.250 e. The van der Waals surface area contributed by atoms with Gasteiger partial charge in [-0.25, -0.2) is 13.1 Å². The molecular weight excluding hydrogens is 358 g/mol. The molecule has 1 aliphatic carbocycles. The molecule has 2 rings (SSSR count). The minimum atomic E-state index is -3.40. The number of nitrogens with one attached hydrogen (secondary N) is 1. The van der Waals surface area contributed by atoms with E-state index in [1.807, 2.05) is 13.0 Å². The normalized spacial score (nSPS) is 27.6. The second kappa shape index (κ2) is 6.46. The highest BCUT2D eigenvalue weighted by Crippen LogP contribution is 2.35. The van der Waals surface area contributed by atoms with Crippen LogP contribution < -0.4 is 4.72 Å². The monoisotopic (exact) mass is 379 g/mol. The predicted octanol–water partition coefficient (Wildman–Crippen LogP) is 3.93. The lowest BCUT2D eigenvalue weighted by Gasteiger charge is -2.38. The van der Waals surface area contributed by atoms with Gasteiger partial charge in [0.2, 0.25) is 0 Å². The molecule has 0 radical (unpaired) electrons. The number of aryl methyl sites for hydroxylation is 1. The van der Waals surface area contributed by atoms with Crippen molar-refractivity contribution in [3.05, 3.63) is 17.0 Å². The fraction of sp³-hybridized carbons (Fsp3) is 0.714. The zero-order valence-electron chi connectivity index (χ0n) is 12.0. The molecular formula is C14H22BrNO2S2. The maximum atomic E-state index is 12.6. The Hall–Kier alpha value is 0.0900. The Morgan fingerprint density at radius 3 is 2.55 bits per heavy atom. The second-order valence-corrected chi connectivity index (χ2v) is 9.41. The van der Waals surface area contributed by atoms with Gasteiger partial charge < -0.3 is 0 Å². The number of alkyl halides is 1. The average Bonchev–Trinajstić information content (AvgIpc) is 2.91. The molecule has 1 saturated carbocycles. The van der Waals surface area contributed by atoms with Gasteiger partial charge in [0, 0.05) is 15.7 Å².